The van der Waals surface area contributed by atoms with Crippen LogP contribution in [-0.2, 0) is 39.8 Å². The number of methoxy groups -OCH3 is 2. The van der Waals surface area contributed by atoms with Gasteiger partial charge >= 0.3 is 17.9 Å². The SMILES string of the molecule is CCOC(=O)[C@@H]1O[C@H](CCc2ccccc2)CCC1(C(=O)OC)C(=O)OC. The van der Waals surface area contributed by atoms with E-state index in [0.29, 0.717) is 12.8 Å². The number of carbonyl (C=O) groups is 3. The van der Waals surface area contributed by atoms with E-state index in [0.717, 1.165) is 26.2 Å². The number of hydrogen-bond donors (Lipinski definition) is 0. The van der Waals surface area contributed by atoms with E-state index in [-0.39, 0.29) is 19.1 Å². The van der Waals surface area contributed by atoms with Gasteiger partial charge in [0.1, 0.15) is 0 Å². The first-order valence-electron chi connectivity index (χ1n) is 9.02. The summed E-state index contributed by atoms with van der Waals surface area (Å²) in [4.78, 5) is 37.5. The molecule has 0 amide bonds. The minimum absolute atomic E-state index is 0.0925. The largest absolute Gasteiger partial charge is 0.468 e. The Morgan fingerprint density at radius 2 is 1.74 bits per heavy atom. The summed E-state index contributed by atoms with van der Waals surface area (Å²) < 4.78 is 20.6. The molecule has 148 valence electrons. The molecule has 0 bridgehead atoms. The average Bonchev–Trinajstić information content (AvgIpc) is 2.71. The third-order valence-electron chi connectivity index (χ3n) is 4.83. The Bertz CT molecular complexity index is 640. The second-order valence-electron chi connectivity index (χ2n) is 6.41. The van der Waals surface area contributed by atoms with Gasteiger partial charge in [-0.3, -0.25) is 9.59 Å². The number of hydrogen-bond acceptors (Lipinski definition) is 7. The van der Waals surface area contributed by atoms with Gasteiger partial charge in [-0.15, -0.1) is 0 Å². The fourth-order valence-corrected chi connectivity index (χ4v) is 3.42. The lowest BCUT2D eigenvalue weighted by atomic mass is 9.74. The molecule has 0 saturated carbocycles. The normalized spacial score (nSPS) is 21.1. The Balaban J connectivity index is 2.23. The molecular formula is C20H26O7. The summed E-state index contributed by atoms with van der Waals surface area (Å²) in [7, 11) is 2.33. The molecule has 1 saturated heterocycles. The first-order valence-corrected chi connectivity index (χ1v) is 9.02. The molecule has 7 nitrogen and oxygen atoms in total. The van der Waals surface area contributed by atoms with Crippen molar-refractivity contribution in [3.05, 3.63) is 35.9 Å². The highest BCUT2D eigenvalue weighted by atomic mass is 16.6. The number of esters is 3. The van der Waals surface area contributed by atoms with Crippen molar-refractivity contribution in [3.63, 3.8) is 0 Å². The van der Waals surface area contributed by atoms with Crippen LogP contribution >= 0.6 is 0 Å². The molecule has 1 aliphatic rings. The summed E-state index contributed by atoms with van der Waals surface area (Å²) in [6.07, 6.45) is 0.236. The van der Waals surface area contributed by atoms with Crippen molar-refractivity contribution in [3.8, 4) is 0 Å². The molecule has 27 heavy (non-hydrogen) atoms. The standard InChI is InChI=1S/C20H26O7/c1-4-26-17(21)16-20(18(22)24-2,19(23)25-3)13-12-15(27-16)11-10-14-8-6-5-7-9-14/h5-9,15-16H,4,10-13H2,1-3H3/t15-,16+/m1/s1. The van der Waals surface area contributed by atoms with Gasteiger partial charge in [0.25, 0.3) is 0 Å². The zero-order chi connectivity index (χ0) is 19.9. The maximum absolute atomic E-state index is 12.5. The van der Waals surface area contributed by atoms with E-state index in [9.17, 15) is 14.4 Å². The Morgan fingerprint density at radius 1 is 1.11 bits per heavy atom. The number of ether oxygens (including phenoxy) is 4. The van der Waals surface area contributed by atoms with E-state index < -0.39 is 29.4 Å². The van der Waals surface area contributed by atoms with Crippen molar-refractivity contribution in [1.29, 1.82) is 0 Å². The van der Waals surface area contributed by atoms with E-state index >= 15 is 0 Å². The minimum Gasteiger partial charge on any atom is -0.468 e. The molecule has 1 aromatic rings. The highest BCUT2D eigenvalue weighted by molar-refractivity contribution is 6.05. The van der Waals surface area contributed by atoms with Crippen molar-refractivity contribution >= 4 is 17.9 Å². The van der Waals surface area contributed by atoms with Gasteiger partial charge < -0.3 is 18.9 Å². The number of aryl methyl sites for hydroxylation is 1. The summed E-state index contributed by atoms with van der Waals surface area (Å²) in [6.45, 7) is 1.75. The summed E-state index contributed by atoms with van der Waals surface area (Å²) in [5.74, 6) is -2.47. The molecule has 0 radical (unpaired) electrons. The van der Waals surface area contributed by atoms with E-state index in [1.165, 1.54) is 0 Å². The lowest BCUT2D eigenvalue weighted by Gasteiger charge is -2.40. The molecule has 1 fully saturated rings. The zero-order valence-corrected chi connectivity index (χ0v) is 15.9. The second-order valence-corrected chi connectivity index (χ2v) is 6.41. The quantitative estimate of drug-likeness (QED) is 0.408. The molecule has 1 aliphatic heterocycles. The molecule has 2 rings (SSSR count). The van der Waals surface area contributed by atoms with Gasteiger partial charge in [-0.2, -0.15) is 0 Å². The fraction of sp³-hybridized carbons (Fsp3) is 0.550. The predicted molar refractivity (Wildman–Crippen MR) is 95.8 cm³/mol. The van der Waals surface area contributed by atoms with E-state index in [1.807, 2.05) is 30.3 Å². The second kappa shape index (κ2) is 9.50. The van der Waals surface area contributed by atoms with Gasteiger partial charge in [0.05, 0.1) is 26.9 Å². The molecule has 0 aliphatic carbocycles. The highest BCUT2D eigenvalue weighted by Gasteiger charge is 2.61. The van der Waals surface area contributed by atoms with Gasteiger partial charge in [-0.05, 0) is 38.2 Å². The molecule has 0 aromatic heterocycles. The topological polar surface area (TPSA) is 88.1 Å². The molecule has 0 N–H and O–H groups in total. The smallest absolute Gasteiger partial charge is 0.337 e. The molecule has 2 atom stereocenters. The van der Waals surface area contributed by atoms with Crippen LogP contribution in [-0.4, -0.2) is 50.9 Å². The predicted octanol–water partition coefficient (Wildman–Crippen LogP) is 2.06. The van der Waals surface area contributed by atoms with Crippen molar-refractivity contribution in [2.75, 3.05) is 20.8 Å². The zero-order valence-electron chi connectivity index (χ0n) is 15.9. The molecule has 7 heteroatoms. The maximum atomic E-state index is 12.5. The van der Waals surface area contributed by atoms with Crippen LogP contribution in [0.3, 0.4) is 0 Å². The molecular weight excluding hydrogens is 352 g/mol. The molecule has 1 aromatic carbocycles. The van der Waals surface area contributed by atoms with E-state index in [4.69, 9.17) is 18.9 Å². The Hall–Kier alpha value is -2.41. The van der Waals surface area contributed by atoms with Gasteiger partial charge in [0, 0.05) is 0 Å². The number of carbonyl (C=O) groups excluding carboxylic acids is 3. The van der Waals surface area contributed by atoms with Crippen LogP contribution in [0.5, 0.6) is 0 Å². The maximum Gasteiger partial charge on any atom is 0.337 e. The molecule has 0 unspecified atom stereocenters. The Labute approximate surface area is 158 Å². The van der Waals surface area contributed by atoms with Crippen LogP contribution in [0.2, 0.25) is 0 Å². The summed E-state index contributed by atoms with van der Waals surface area (Å²) >= 11 is 0. The number of benzene rings is 1. The number of rotatable bonds is 7. The Kier molecular flexibility index (Phi) is 7.36. The fourth-order valence-electron chi connectivity index (χ4n) is 3.42. The van der Waals surface area contributed by atoms with Crippen molar-refractivity contribution in [2.45, 2.75) is 44.8 Å². The van der Waals surface area contributed by atoms with Crippen molar-refractivity contribution < 1.29 is 33.3 Å². The summed E-state index contributed by atoms with van der Waals surface area (Å²) in [6, 6.07) is 9.88. The van der Waals surface area contributed by atoms with Gasteiger partial charge in [-0.1, -0.05) is 30.3 Å². The van der Waals surface area contributed by atoms with Crippen LogP contribution in [0, 0.1) is 5.41 Å². The van der Waals surface area contributed by atoms with Crippen LogP contribution in [0.25, 0.3) is 0 Å². The van der Waals surface area contributed by atoms with Gasteiger partial charge in [0.15, 0.2) is 6.10 Å². The molecule has 0 spiro atoms. The van der Waals surface area contributed by atoms with Crippen molar-refractivity contribution in [2.24, 2.45) is 5.41 Å². The van der Waals surface area contributed by atoms with Crippen LogP contribution in [0.15, 0.2) is 30.3 Å². The van der Waals surface area contributed by atoms with E-state index in [1.54, 1.807) is 6.92 Å². The van der Waals surface area contributed by atoms with Crippen LogP contribution < -0.4 is 0 Å². The monoisotopic (exact) mass is 378 g/mol. The van der Waals surface area contributed by atoms with Crippen molar-refractivity contribution in [1.82, 2.24) is 0 Å². The lowest BCUT2D eigenvalue weighted by Crippen LogP contribution is -2.58. The highest BCUT2D eigenvalue weighted by Crippen LogP contribution is 2.41. The average molecular weight is 378 g/mol. The lowest BCUT2D eigenvalue weighted by molar-refractivity contribution is -0.208. The minimum atomic E-state index is -1.85. The molecule has 1 heterocycles. The first-order chi connectivity index (χ1) is 13.0. The summed E-state index contributed by atoms with van der Waals surface area (Å²) in [5.41, 5.74) is -0.703. The van der Waals surface area contributed by atoms with Gasteiger partial charge in [0.2, 0.25) is 5.41 Å². The Morgan fingerprint density at radius 3 is 2.30 bits per heavy atom. The third-order valence-corrected chi connectivity index (χ3v) is 4.83. The first kappa shape index (κ1) is 20.9. The van der Waals surface area contributed by atoms with Crippen LogP contribution in [0.4, 0.5) is 0 Å². The summed E-state index contributed by atoms with van der Waals surface area (Å²) in [5, 5.41) is 0. The van der Waals surface area contributed by atoms with E-state index in [2.05, 4.69) is 0 Å². The van der Waals surface area contributed by atoms with Gasteiger partial charge in [-0.25, -0.2) is 4.79 Å². The van der Waals surface area contributed by atoms with Crippen LogP contribution in [0.1, 0.15) is 31.7 Å². The third kappa shape index (κ3) is 4.47.